The van der Waals surface area contributed by atoms with Crippen LogP contribution in [0, 0.1) is 0 Å². The Bertz CT molecular complexity index is 1230. The fourth-order valence-electron chi connectivity index (χ4n) is 3.50. The molecule has 4 aromatic rings. The number of para-hydroxylation sites is 1. The summed E-state index contributed by atoms with van der Waals surface area (Å²) in [6.07, 6.45) is -1.21. The molecule has 2 aromatic heterocycles. The number of nitrogens with two attached hydrogens (primary N) is 1. The van der Waals surface area contributed by atoms with Gasteiger partial charge in [-0.15, -0.1) is 0 Å². The third-order valence-electron chi connectivity index (χ3n) is 5.07. The summed E-state index contributed by atoms with van der Waals surface area (Å²) in [5.74, 6) is -0.0112. The predicted octanol–water partition coefficient (Wildman–Crippen LogP) is 4.40. The molecule has 0 radical (unpaired) electrons. The van der Waals surface area contributed by atoms with Crippen LogP contribution in [-0.4, -0.2) is 27.0 Å². The first kappa shape index (κ1) is 20.6. The molecule has 3 N–H and O–H groups in total. The van der Waals surface area contributed by atoms with Crippen molar-refractivity contribution in [3.8, 4) is 0 Å². The lowest BCUT2D eigenvalue weighted by atomic mass is 10.1. The number of alkyl halides is 3. The molecule has 2 heterocycles. The van der Waals surface area contributed by atoms with E-state index in [-0.39, 0.29) is 5.56 Å². The third-order valence-corrected chi connectivity index (χ3v) is 5.07. The Labute approximate surface area is 175 Å². The van der Waals surface area contributed by atoms with Gasteiger partial charge in [-0.1, -0.05) is 18.2 Å². The molecule has 0 saturated heterocycles. The summed E-state index contributed by atoms with van der Waals surface area (Å²) < 4.78 is 39.9. The Balaban J connectivity index is 1.34. The number of hydrogen-bond donors (Lipinski definition) is 2. The summed E-state index contributed by atoms with van der Waals surface area (Å²) in [4.78, 5) is 20.9. The van der Waals surface area contributed by atoms with Crippen LogP contribution in [0.5, 0.6) is 0 Å². The molecular weight excluding hydrogens is 407 g/mol. The molecule has 9 heteroatoms. The number of rotatable bonds is 6. The molecule has 4 rings (SSSR count). The molecule has 1 amide bonds. The van der Waals surface area contributed by atoms with Crippen LogP contribution in [0.15, 0.2) is 54.9 Å². The Morgan fingerprint density at radius 2 is 1.81 bits per heavy atom. The molecule has 0 fully saturated rings. The van der Waals surface area contributed by atoms with Crippen molar-refractivity contribution in [2.45, 2.75) is 25.6 Å². The van der Waals surface area contributed by atoms with Gasteiger partial charge in [0.2, 0.25) is 0 Å². The number of fused-ring (bicyclic) bond motifs is 3. The summed E-state index contributed by atoms with van der Waals surface area (Å²) in [6.45, 7) is 1.09. The van der Waals surface area contributed by atoms with Gasteiger partial charge in [0.1, 0.15) is 5.52 Å². The number of aryl methyl sites for hydroxylation is 1. The molecular formula is C22H20F3N5O. The van der Waals surface area contributed by atoms with Crippen LogP contribution in [0.1, 0.15) is 28.8 Å². The number of nitrogens with zero attached hydrogens (tertiary/aromatic N) is 3. The molecule has 0 aliphatic heterocycles. The number of benzene rings is 2. The number of halogens is 3. The third kappa shape index (κ3) is 4.30. The number of carbonyl (C=O) groups is 1. The molecule has 0 aliphatic carbocycles. The van der Waals surface area contributed by atoms with E-state index < -0.39 is 17.6 Å². The van der Waals surface area contributed by atoms with Crippen LogP contribution in [0.4, 0.5) is 19.0 Å². The number of hydrogen-bond acceptors (Lipinski definition) is 4. The molecule has 0 unspecified atom stereocenters. The minimum Gasteiger partial charge on any atom is -0.382 e. The summed E-state index contributed by atoms with van der Waals surface area (Å²) in [6, 6.07) is 11.9. The van der Waals surface area contributed by atoms with Crippen LogP contribution >= 0.6 is 0 Å². The zero-order valence-electron chi connectivity index (χ0n) is 16.5. The van der Waals surface area contributed by atoms with Gasteiger partial charge >= 0.3 is 6.18 Å². The number of nitrogen functional groups attached to an aromatic ring is 1. The number of nitrogens with one attached hydrogen (secondary N) is 1. The molecule has 160 valence electrons. The van der Waals surface area contributed by atoms with Crippen LogP contribution in [0.25, 0.3) is 21.9 Å². The SMILES string of the molecule is Nc1nc2ccccc2c2c1ncn2CCCCNC(=O)c1ccc(C(F)(F)F)cc1. The number of amides is 1. The van der Waals surface area contributed by atoms with Gasteiger partial charge in [0, 0.05) is 24.0 Å². The van der Waals surface area contributed by atoms with Gasteiger partial charge in [0.15, 0.2) is 5.82 Å². The molecule has 0 bridgehead atoms. The van der Waals surface area contributed by atoms with Crippen molar-refractivity contribution in [3.63, 3.8) is 0 Å². The first-order valence-electron chi connectivity index (χ1n) is 9.79. The highest BCUT2D eigenvalue weighted by molar-refractivity contribution is 6.06. The number of imidazole rings is 1. The Morgan fingerprint density at radius 3 is 2.55 bits per heavy atom. The van der Waals surface area contributed by atoms with E-state index in [1.807, 2.05) is 28.8 Å². The van der Waals surface area contributed by atoms with E-state index in [2.05, 4.69) is 15.3 Å². The quantitative estimate of drug-likeness (QED) is 0.447. The first-order chi connectivity index (χ1) is 14.8. The molecule has 0 aliphatic rings. The van der Waals surface area contributed by atoms with Gasteiger partial charge < -0.3 is 15.6 Å². The zero-order valence-corrected chi connectivity index (χ0v) is 16.5. The lowest BCUT2D eigenvalue weighted by molar-refractivity contribution is -0.137. The van der Waals surface area contributed by atoms with Gasteiger partial charge in [0.05, 0.1) is 22.9 Å². The minimum absolute atomic E-state index is 0.197. The number of carbonyl (C=O) groups excluding carboxylic acids is 1. The summed E-state index contributed by atoms with van der Waals surface area (Å²) >= 11 is 0. The fraction of sp³-hybridized carbons (Fsp3) is 0.227. The highest BCUT2D eigenvalue weighted by Gasteiger charge is 2.30. The molecule has 2 aromatic carbocycles. The van der Waals surface area contributed by atoms with Crippen molar-refractivity contribution in [1.29, 1.82) is 0 Å². The number of unbranched alkanes of at least 4 members (excludes halogenated alkanes) is 1. The molecule has 6 nitrogen and oxygen atoms in total. The normalized spacial score (nSPS) is 11.8. The fourth-order valence-corrected chi connectivity index (χ4v) is 3.50. The van der Waals surface area contributed by atoms with Crippen LogP contribution in [-0.2, 0) is 12.7 Å². The van der Waals surface area contributed by atoms with E-state index in [1.165, 1.54) is 12.1 Å². The lowest BCUT2D eigenvalue weighted by Gasteiger charge is -2.09. The molecule has 0 saturated carbocycles. The van der Waals surface area contributed by atoms with Gasteiger partial charge in [0.25, 0.3) is 5.91 Å². The van der Waals surface area contributed by atoms with Crippen molar-refractivity contribution in [1.82, 2.24) is 19.9 Å². The topological polar surface area (TPSA) is 85.8 Å². The highest BCUT2D eigenvalue weighted by atomic mass is 19.4. The van der Waals surface area contributed by atoms with Crippen LogP contribution in [0.3, 0.4) is 0 Å². The summed E-state index contributed by atoms with van der Waals surface area (Å²) in [5.41, 5.74) is 7.85. The lowest BCUT2D eigenvalue weighted by Crippen LogP contribution is -2.24. The summed E-state index contributed by atoms with van der Waals surface area (Å²) in [7, 11) is 0. The van der Waals surface area contributed by atoms with E-state index in [0.717, 1.165) is 35.0 Å². The molecule has 0 spiro atoms. The Kier molecular flexibility index (Phi) is 5.50. The number of anilines is 1. The van der Waals surface area contributed by atoms with Crippen molar-refractivity contribution in [3.05, 3.63) is 66.0 Å². The van der Waals surface area contributed by atoms with Gasteiger partial charge in [-0.25, -0.2) is 9.97 Å². The van der Waals surface area contributed by atoms with Gasteiger partial charge in [-0.05, 0) is 43.2 Å². The van der Waals surface area contributed by atoms with Gasteiger partial charge in [-0.3, -0.25) is 4.79 Å². The van der Waals surface area contributed by atoms with E-state index in [0.29, 0.717) is 30.8 Å². The zero-order chi connectivity index (χ0) is 22.0. The van der Waals surface area contributed by atoms with E-state index in [4.69, 9.17) is 5.73 Å². The number of pyridine rings is 1. The maximum Gasteiger partial charge on any atom is 0.416 e. The monoisotopic (exact) mass is 427 g/mol. The van der Waals surface area contributed by atoms with Crippen molar-refractivity contribution in [2.75, 3.05) is 12.3 Å². The maximum absolute atomic E-state index is 12.6. The predicted molar refractivity (Wildman–Crippen MR) is 112 cm³/mol. The van der Waals surface area contributed by atoms with E-state index in [9.17, 15) is 18.0 Å². The number of aromatic nitrogens is 3. The maximum atomic E-state index is 12.6. The van der Waals surface area contributed by atoms with Crippen LogP contribution in [0.2, 0.25) is 0 Å². The van der Waals surface area contributed by atoms with E-state index >= 15 is 0 Å². The second-order valence-electron chi connectivity index (χ2n) is 7.19. The largest absolute Gasteiger partial charge is 0.416 e. The summed E-state index contributed by atoms with van der Waals surface area (Å²) in [5, 5.41) is 3.71. The van der Waals surface area contributed by atoms with Crippen molar-refractivity contribution >= 4 is 33.7 Å². The average molecular weight is 427 g/mol. The second kappa shape index (κ2) is 8.25. The second-order valence-corrected chi connectivity index (χ2v) is 7.19. The first-order valence-corrected chi connectivity index (χ1v) is 9.79. The van der Waals surface area contributed by atoms with Gasteiger partial charge in [-0.2, -0.15) is 13.2 Å². The highest BCUT2D eigenvalue weighted by Crippen LogP contribution is 2.29. The smallest absolute Gasteiger partial charge is 0.382 e. The van der Waals surface area contributed by atoms with Crippen LogP contribution < -0.4 is 11.1 Å². The van der Waals surface area contributed by atoms with E-state index in [1.54, 1.807) is 6.33 Å². The Hall–Kier alpha value is -3.62. The molecule has 0 atom stereocenters. The average Bonchev–Trinajstić information content (AvgIpc) is 3.18. The van der Waals surface area contributed by atoms with Crippen molar-refractivity contribution in [2.24, 2.45) is 0 Å². The molecule has 31 heavy (non-hydrogen) atoms. The minimum atomic E-state index is -4.42. The Morgan fingerprint density at radius 1 is 1.06 bits per heavy atom. The van der Waals surface area contributed by atoms with Crippen molar-refractivity contribution < 1.29 is 18.0 Å². The standard InChI is InChI=1S/C22H20F3N5O/c23-22(24,25)15-9-7-14(8-10-15)21(31)27-11-3-4-12-30-13-28-18-19(30)16-5-1-2-6-17(16)29-20(18)26/h1-2,5-10,13H,3-4,11-12H2,(H2,26,29)(H,27,31).